The number of nitrogens with zero attached hydrogens (tertiary/aromatic N) is 2. The van der Waals surface area contributed by atoms with Crippen LogP contribution in [0.25, 0.3) is 0 Å². The fourth-order valence-electron chi connectivity index (χ4n) is 5.66. The van der Waals surface area contributed by atoms with E-state index >= 15 is 0 Å². The highest BCUT2D eigenvalue weighted by Crippen LogP contribution is 2.35. The first-order chi connectivity index (χ1) is 28.8. The molecule has 0 aromatic heterocycles. The molecule has 25 heteroatoms. The number of guanidine groups is 2. The molecule has 6 atom stereocenters. The smallest absolute Gasteiger partial charge is 0.405 e. The zero-order valence-electron chi connectivity index (χ0n) is 34.4. The Bertz CT molecular complexity index is 1700. The molecular formula is C36H60N14O9S2. The van der Waals surface area contributed by atoms with Gasteiger partial charge in [0, 0.05) is 50.1 Å². The van der Waals surface area contributed by atoms with Gasteiger partial charge in [0.15, 0.2) is 11.9 Å². The van der Waals surface area contributed by atoms with Gasteiger partial charge >= 0.3 is 6.09 Å². The first kappa shape index (κ1) is 51.6. The molecule has 18 N–H and O–H groups in total. The summed E-state index contributed by atoms with van der Waals surface area (Å²) >= 11 is 0. The fraction of sp³-hybridized carbons (Fsp3) is 0.583. The van der Waals surface area contributed by atoms with Crippen LogP contribution in [0.4, 0.5) is 4.79 Å². The van der Waals surface area contributed by atoms with Crippen molar-refractivity contribution < 1.29 is 43.4 Å². The van der Waals surface area contributed by atoms with Crippen molar-refractivity contribution >= 4 is 75.0 Å². The van der Waals surface area contributed by atoms with Crippen molar-refractivity contribution in [2.45, 2.75) is 93.6 Å². The summed E-state index contributed by atoms with van der Waals surface area (Å²) in [5.41, 5.74) is 27.9. The number of methoxy groups -OCH3 is 1. The molecular weight excluding hydrogens is 837 g/mol. The summed E-state index contributed by atoms with van der Waals surface area (Å²) in [5.74, 6) is -5.02. The van der Waals surface area contributed by atoms with Crippen molar-refractivity contribution in [3.8, 4) is 0 Å². The monoisotopic (exact) mass is 896 g/mol. The van der Waals surface area contributed by atoms with Crippen LogP contribution >= 0.6 is 21.6 Å². The number of hydrogen-bond acceptors (Lipinski definition) is 13. The summed E-state index contributed by atoms with van der Waals surface area (Å²) in [4.78, 5) is 100. The Balaban J connectivity index is 2.48. The maximum absolute atomic E-state index is 14.2. The number of amides is 7. The maximum atomic E-state index is 14.2. The van der Waals surface area contributed by atoms with Gasteiger partial charge in [-0.25, -0.2) is 4.79 Å². The third kappa shape index (κ3) is 21.0. The van der Waals surface area contributed by atoms with Crippen LogP contribution in [0.1, 0.15) is 51.5 Å². The molecule has 23 nitrogen and oxygen atoms in total. The third-order valence-electron chi connectivity index (χ3n) is 8.80. The Hall–Kier alpha value is -5.53. The Morgan fingerprint density at radius 2 is 1.54 bits per heavy atom. The number of carbonyl (C=O) groups is 7. The molecule has 340 valence electrons. The lowest BCUT2D eigenvalue weighted by Crippen LogP contribution is -2.59. The Morgan fingerprint density at radius 3 is 2.11 bits per heavy atom. The topological polar surface area (TPSA) is 388 Å². The molecule has 1 fully saturated rings. The number of hydrogen-bond donors (Lipinski definition) is 13. The van der Waals surface area contributed by atoms with Gasteiger partial charge in [0.05, 0.1) is 6.54 Å². The maximum Gasteiger partial charge on any atom is 0.405 e. The summed E-state index contributed by atoms with van der Waals surface area (Å²) in [7, 11) is 3.98. The summed E-state index contributed by atoms with van der Waals surface area (Å²) in [5, 5.41) is 27.8. The lowest BCUT2D eigenvalue weighted by molar-refractivity contribution is -0.134. The molecule has 61 heavy (non-hydrogen) atoms. The molecule has 0 bridgehead atoms. The number of carboxylic acid groups (broad SMARTS) is 1. The standard InChI is InChI=1S/C36H60N14O9S2/c1-36(2)19-45-27(59-3)16-24(50-35(57)58)29(53)44-17-26(51)46-23(15-20-9-5-4-6-10-20)31(55)49-25(18-60-61-36)32(56)48-22(12-8-14-43-34(40)41)30(54)47-21(28(37)52)11-7-13-42-33(38)39/h4-6,9-10,21-25,27,45,50H,7-8,11-19H2,1-3H3,(H2,37,52)(H,44,53)(H,46,51)(H,47,54)(H,48,56)(H,49,55)(H,57,58)(H4,38,39,42)(H4,40,41,43). The Kier molecular flexibility index (Phi) is 22.5. The molecule has 1 aromatic carbocycles. The fourth-order valence-corrected chi connectivity index (χ4v) is 8.31. The average molecular weight is 897 g/mol. The van der Waals surface area contributed by atoms with Crippen LogP contribution in [0.3, 0.4) is 0 Å². The highest BCUT2D eigenvalue weighted by molar-refractivity contribution is 8.77. The van der Waals surface area contributed by atoms with Crippen molar-refractivity contribution in [2.24, 2.45) is 38.7 Å². The zero-order chi connectivity index (χ0) is 45.5. The Morgan fingerprint density at radius 1 is 0.918 bits per heavy atom. The van der Waals surface area contributed by atoms with E-state index in [2.05, 4.69) is 47.2 Å². The van der Waals surface area contributed by atoms with Crippen molar-refractivity contribution in [3.05, 3.63) is 35.9 Å². The van der Waals surface area contributed by atoms with Gasteiger partial charge in [0.2, 0.25) is 35.4 Å². The van der Waals surface area contributed by atoms with E-state index in [1.807, 2.05) is 13.8 Å². The molecule has 1 aliphatic heterocycles. The minimum Gasteiger partial charge on any atom is -0.465 e. The van der Waals surface area contributed by atoms with E-state index in [1.54, 1.807) is 30.3 Å². The molecule has 0 radical (unpaired) electrons. The van der Waals surface area contributed by atoms with E-state index < -0.39 is 89.3 Å². The van der Waals surface area contributed by atoms with Crippen molar-refractivity contribution in [1.29, 1.82) is 0 Å². The minimum absolute atomic E-state index is 0.0109. The molecule has 1 aliphatic rings. The van der Waals surface area contributed by atoms with Gasteiger partial charge in [-0.1, -0.05) is 51.9 Å². The number of rotatable bonds is 17. The first-order valence-electron chi connectivity index (χ1n) is 19.3. The molecule has 7 amide bonds. The number of aliphatic imine (C=N–C) groups is 2. The zero-order valence-corrected chi connectivity index (χ0v) is 36.1. The van der Waals surface area contributed by atoms with Crippen molar-refractivity contribution in [3.63, 3.8) is 0 Å². The van der Waals surface area contributed by atoms with Gasteiger partial charge < -0.3 is 70.4 Å². The quantitative estimate of drug-likeness (QED) is 0.0314. The van der Waals surface area contributed by atoms with Crippen LogP contribution in [0, 0.1) is 0 Å². The van der Waals surface area contributed by atoms with E-state index in [9.17, 15) is 38.7 Å². The highest BCUT2D eigenvalue weighted by atomic mass is 33.1. The van der Waals surface area contributed by atoms with Crippen LogP contribution in [0.5, 0.6) is 0 Å². The van der Waals surface area contributed by atoms with Gasteiger partial charge in [-0.3, -0.25) is 44.1 Å². The van der Waals surface area contributed by atoms with E-state index in [1.165, 1.54) is 28.7 Å². The van der Waals surface area contributed by atoms with Crippen molar-refractivity contribution in [1.82, 2.24) is 37.2 Å². The Labute approximate surface area is 361 Å². The van der Waals surface area contributed by atoms with E-state index in [0.717, 1.165) is 0 Å². The second-order valence-electron chi connectivity index (χ2n) is 14.5. The molecule has 2 rings (SSSR count). The minimum atomic E-state index is -1.46. The SMILES string of the molecule is COC1CC(NC(=O)O)C(=O)NCC(=O)NC(Cc2ccccc2)C(=O)NC(C(=O)NC(CCCN=C(N)N)C(=O)NC(CCCN=C(N)N)C(N)=O)CSSC(C)(C)CN1. The summed E-state index contributed by atoms with van der Waals surface area (Å²) in [6.45, 7) is 3.72. The average Bonchev–Trinajstić information content (AvgIpc) is 3.19. The molecule has 0 saturated carbocycles. The number of nitrogens with two attached hydrogens (primary N) is 5. The van der Waals surface area contributed by atoms with Crippen LogP contribution in [-0.4, -0.2) is 139 Å². The summed E-state index contributed by atoms with van der Waals surface area (Å²) < 4.78 is 4.93. The largest absolute Gasteiger partial charge is 0.465 e. The number of ether oxygens (including phenoxy) is 1. The molecule has 1 aromatic rings. The number of nitrogens with one attached hydrogen (secondary N) is 7. The number of carbonyl (C=O) groups excluding carboxylic acids is 6. The first-order valence-corrected chi connectivity index (χ1v) is 21.6. The lowest BCUT2D eigenvalue weighted by Gasteiger charge is -2.30. The van der Waals surface area contributed by atoms with Crippen molar-refractivity contribution in [2.75, 3.05) is 39.0 Å². The van der Waals surface area contributed by atoms with E-state index in [4.69, 9.17) is 33.4 Å². The highest BCUT2D eigenvalue weighted by Gasteiger charge is 2.33. The molecule has 0 spiro atoms. The van der Waals surface area contributed by atoms with Crippen LogP contribution in [-0.2, 0) is 39.9 Å². The van der Waals surface area contributed by atoms with E-state index in [0.29, 0.717) is 12.0 Å². The summed E-state index contributed by atoms with van der Waals surface area (Å²) in [6.07, 6.45) is -1.79. The van der Waals surface area contributed by atoms with E-state index in [-0.39, 0.29) is 69.4 Å². The van der Waals surface area contributed by atoms with Gasteiger partial charge in [0.1, 0.15) is 36.4 Å². The normalized spacial score (nSPS) is 21.3. The molecule has 1 saturated heterocycles. The van der Waals surface area contributed by atoms with Gasteiger partial charge in [-0.2, -0.15) is 0 Å². The number of primary amides is 1. The predicted molar refractivity (Wildman–Crippen MR) is 232 cm³/mol. The molecule has 6 unspecified atom stereocenters. The van der Waals surface area contributed by atoms with Crippen LogP contribution in [0.2, 0.25) is 0 Å². The second kappa shape index (κ2) is 26.6. The van der Waals surface area contributed by atoms with Crippen LogP contribution < -0.4 is 65.9 Å². The van der Waals surface area contributed by atoms with Gasteiger partial charge in [-0.05, 0) is 45.1 Å². The van der Waals surface area contributed by atoms with Gasteiger partial charge in [-0.15, -0.1) is 0 Å². The van der Waals surface area contributed by atoms with Gasteiger partial charge in [0.25, 0.3) is 0 Å². The number of benzene rings is 1. The second-order valence-corrected chi connectivity index (χ2v) is 17.5. The summed E-state index contributed by atoms with van der Waals surface area (Å²) in [6, 6.07) is 2.49. The lowest BCUT2D eigenvalue weighted by atomic mass is 10.0. The molecule has 1 heterocycles. The van der Waals surface area contributed by atoms with Crippen LogP contribution in [0.15, 0.2) is 40.3 Å². The molecule has 0 aliphatic carbocycles. The predicted octanol–water partition coefficient (Wildman–Crippen LogP) is -3.36. The third-order valence-corrected chi connectivity index (χ3v) is 12.1.